The summed E-state index contributed by atoms with van der Waals surface area (Å²) in [6.45, 7) is 0. The summed E-state index contributed by atoms with van der Waals surface area (Å²) in [6.07, 6.45) is 6.93. The third-order valence-electron chi connectivity index (χ3n) is 2.18. The molecule has 0 radical (unpaired) electrons. The van der Waals surface area contributed by atoms with E-state index in [9.17, 15) is 0 Å². The van der Waals surface area contributed by atoms with E-state index in [-0.39, 0.29) is 0 Å². The molecule has 0 aliphatic rings. The SMILES string of the molecule is Brc1cncs1.Nc1ccn(-c2cncs2)n1.Nc1ccn[nH]1. The molecule has 0 amide bonds. The summed E-state index contributed by atoms with van der Waals surface area (Å²) >= 11 is 6.34. The van der Waals surface area contributed by atoms with E-state index in [0.717, 1.165) is 8.79 Å². The molecule has 0 saturated carbocycles. The van der Waals surface area contributed by atoms with Crippen LogP contribution in [0, 0.1) is 0 Å². The number of nitrogen functional groups attached to an aromatic ring is 2. The molecule has 4 rings (SSSR count). The molecule has 4 aromatic rings. The maximum Gasteiger partial charge on any atom is 0.145 e. The van der Waals surface area contributed by atoms with Crippen molar-refractivity contribution in [2.24, 2.45) is 0 Å². The normalized spacial score (nSPS) is 9.43. The summed E-state index contributed by atoms with van der Waals surface area (Å²) in [5, 5.41) is 11.1. The molecule has 0 aliphatic carbocycles. The van der Waals surface area contributed by atoms with Crippen molar-refractivity contribution >= 4 is 50.2 Å². The lowest BCUT2D eigenvalue weighted by Gasteiger charge is -1.91. The summed E-state index contributed by atoms with van der Waals surface area (Å²) in [4.78, 5) is 7.72. The molecule has 0 fully saturated rings. The van der Waals surface area contributed by atoms with Crippen LogP contribution in [0.1, 0.15) is 0 Å². The minimum Gasteiger partial charge on any atom is -0.384 e. The van der Waals surface area contributed by atoms with Gasteiger partial charge in [-0.25, -0.2) is 4.68 Å². The highest BCUT2D eigenvalue weighted by molar-refractivity contribution is 9.11. The third-order valence-corrected chi connectivity index (χ3v) is 4.26. The van der Waals surface area contributed by atoms with E-state index < -0.39 is 0 Å². The van der Waals surface area contributed by atoms with E-state index in [1.807, 2.05) is 6.20 Å². The predicted octanol–water partition coefficient (Wildman–Crippen LogP) is 2.81. The summed E-state index contributed by atoms with van der Waals surface area (Å²) < 4.78 is 2.79. The molecule has 0 aliphatic heterocycles. The quantitative estimate of drug-likeness (QED) is 0.441. The van der Waals surface area contributed by atoms with Crippen molar-refractivity contribution < 1.29 is 0 Å². The molecule has 0 aromatic carbocycles. The van der Waals surface area contributed by atoms with Gasteiger partial charge in [-0.05, 0) is 22.0 Å². The van der Waals surface area contributed by atoms with E-state index in [1.54, 1.807) is 57.8 Å². The Morgan fingerprint density at radius 3 is 2.22 bits per heavy atom. The number of thiazole rings is 2. The maximum absolute atomic E-state index is 5.44. The van der Waals surface area contributed by atoms with Gasteiger partial charge in [-0.2, -0.15) is 5.10 Å². The summed E-state index contributed by atoms with van der Waals surface area (Å²) in [5.41, 5.74) is 14.1. The Morgan fingerprint density at radius 1 is 1.09 bits per heavy atom. The Kier molecular flexibility index (Phi) is 6.72. The van der Waals surface area contributed by atoms with Gasteiger partial charge in [-0.1, -0.05) is 0 Å². The lowest BCUT2D eigenvalue weighted by Crippen LogP contribution is -1.92. The number of H-pyrrole nitrogens is 1. The number of anilines is 2. The zero-order valence-corrected chi connectivity index (χ0v) is 14.9. The molecule has 4 aromatic heterocycles. The van der Waals surface area contributed by atoms with Gasteiger partial charge in [-0.3, -0.25) is 15.1 Å². The van der Waals surface area contributed by atoms with E-state index in [0.29, 0.717) is 11.6 Å². The Hall–Kier alpha value is -2.24. The van der Waals surface area contributed by atoms with Crippen LogP contribution < -0.4 is 11.5 Å². The van der Waals surface area contributed by atoms with Crippen LogP contribution in [0.3, 0.4) is 0 Å². The molecule has 11 heteroatoms. The van der Waals surface area contributed by atoms with Crippen molar-refractivity contribution in [2.75, 3.05) is 11.5 Å². The molecule has 0 spiro atoms. The van der Waals surface area contributed by atoms with Crippen molar-refractivity contribution in [3.63, 3.8) is 0 Å². The van der Waals surface area contributed by atoms with Gasteiger partial charge in [0.15, 0.2) is 0 Å². The first kappa shape index (κ1) is 17.1. The van der Waals surface area contributed by atoms with Gasteiger partial charge < -0.3 is 11.5 Å². The third kappa shape index (κ3) is 6.18. The number of nitrogens with two attached hydrogens (primary N) is 2. The molecule has 4 heterocycles. The second kappa shape index (κ2) is 9.02. The molecule has 0 unspecified atom stereocenters. The average Bonchev–Trinajstić information content (AvgIpc) is 3.26. The molecule has 5 N–H and O–H groups in total. The van der Waals surface area contributed by atoms with Crippen molar-refractivity contribution in [1.29, 1.82) is 0 Å². The minimum atomic E-state index is 0.526. The van der Waals surface area contributed by atoms with Crippen LogP contribution >= 0.6 is 38.6 Å². The van der Waals surface area contributed by atoms with Crippen molar-refractivity contribution in [3.05, 3.63) is 51.7 Å². The van der Waals surface area contributed by atoms with Crippen LogP contribution in [0.5, 0.6) is 0 Å². The van der Waals surface area contributed by atoms with Crippen LogP contribution in [0.25, 0.3) is 5.00 Å². The fourth-order valence-electron chi connectivity index (χ4n) is 1.25. The zero-order chi connectivity index (χ0) is 16.5. The van der Waals surface area contributed by atoms with Gasteiger partial charge in [0.2, 0.25) is 0 Å². The molecule has 0 saturated heterocycles. The molecule has 0 atom stereocenters. The minimum absolute atomic E-state index is 0.526. The number of hydrogen-bond acceptors (Lipinski definition) is 8. The standard InChI is InChI=1S/C6H6N4S.C3H2BrNS.C3H5N3/c7-5-1-2-10(9-5)6-3-8-4-11-6;4-3-1-5-2-6-3;4-3-1-2-5-6-3/h1-4H,(H2,7,9);1-2H;1-2H,(H3,4,5,6). The first-order valence-corrected chi connectivity index (χ1v) is 8.69. The van der Waals surface area contributed by atoms with E-state index in [4.69, 9.17) is 11.5 Å². The largest absolute Gasteiger partial charge is 0.384 e. The molecule has 8 nitrogen and oxygen atoms in total. The van der Waals surface area contributed by atoms with E-state index in [2.05, 4.69) is 41.2 Å². The van der Waals surface area contributed by atoms with Gasteiger partial charge in [0, 0.05) is 12.3 Å². The fourth-order valence-corrected chi connectivity index (χ4v) is 2.52. The highest BCUT2D eigenvalue weighted by Gasteiger charge is 1.97. The Labute approximate surface area is 148 Å². The monoisotopic (exact) mass is 412 g/mol. The number of aromatic amines is 1. The highest BCUT2D eigenvalue weighted by Crippen LogP contribution is 2.12. The summed E-state index contributed by atoms with van der Waals surface area (Å²) in [6, 6.07) is 3.44. The second-order valence-electron chi connectivity index (χ2n) is 3.84. The van der Waals surface area contributed by atoms with E-state index >= 15 is 0 Å². The number of hydrogen-bond donors (Lipinski definition) is 3. The molecular formula is C12H13BrN8S2. The predicted molar refractivity (Wildman–Crippen MR) is 96.5 cm³/mol. The summed E-state index contributed by atoms with van der Waals surface area (Å²) in [7, 11) is 0. The number of rotatable bonds is 1. The van der Waals surface area contributed by atoms with Crippen molar-refractivity contribution in [3.8, 4) is 5.00 Å². The van der Waals surface area contributed by atoms with Crippen LogP contribution in [0.15, 0.2) is 51.7 Å². The lowest BCUT2D eigenvalue weighted by molar-refractivity contribution is 0.900. The van der Waals surface area contributed by atoms with Crippen molar-refractivity contribution in [2.45, 2.75) is 0 Å². The summed E-state index contributed by atoms with van der Waals surface area (Å²) in [5.74, 6) is 1.13. The van der Waals surface area contributed by atoms with Crippen LogP contribution in [0.4, 0.5) is 11.6 Å². The first-order valence-electron chi connectivity index (χ1n) is 6.14. The van der Waals surface area contributed by atoms with Gasteiger partial charge in [0.1, 0.15) is 16.6 Å². The first-order chi connectivity index (χ1) is 11.1. The second-order valence-corrected chi connectivity index (χ2v) is 6.97. The maximum atomic E-state index is 5.44. The topological polar surface area (TPSA) is 124 Å². The molecule has 120 valence electrons. The van der Waals surface area contributed by atoms with Gasteiger partial charge in [-0.15, -0.1) is 27.8 Å². The van der Waals surface area contributed by atoms with Crippen LogP contribution in [0.2, 0.25) is 0 Å². The Bertz CT molecular complexity index is 732. The number of aromatic nitrogens is 6. The molecule has 0 bridgehead atoms. The van der Waals surface area contributed by atoms with Crippen LogP contribution in [-0.2, 0) is 0 Å². The number of nitrogens with one attached hydrogen (secondary N) is 1. The molecule has 23 heavy (non-hydrogen) atoms. The zero-order valence-electron chi connectivity index (χ0n) is 11.7. The Balaban J connectivity index is 0.000000136. The van der Waals surface area contributed by atoms with E-state index in [1.165, 1.54) is 11.3 Å². The highest BCUT2D eigenvalue weighted by atomic mass is 79.9. The van der Waals surface area contributed by atoms with Gasteiger partial charge in [0.05, 0.1) is 33.4 Å². The smallest absolute Gasteiger partial charge is 0.145 e. The number of nitrogens with zero attached hydrogens (tertiary/aromatic N) is 5. The fraction of sp³-hybridized carbons (Fsp3) is 0. The van der Waals surface area contributed by atoms with Crippen LogP contribution in [-0.4, -0.2) is 29.9 Å². The number of halogens is 1. The lowest BCUT2D eigenvalue weighted by atomic mass is 10.7. The molecular weight excluding hydrogens is 400 g/mol. The Morgan fingerprint density at radius 2 is 1.87 bits per heavy atom. The van der Waals surface area contributed by atoms with Crippen molar-refractivity contribution in [1.82, 2.24) is 29.9 Å². The van der Waals surface area contributed by atoms with Gasteiger partial charge in [0.25, 0.3) is 0 Å². The van der Waals surface area contributed by atoms with Gasteiger partial charge >= 0.3 is 0 Å². The average molecular weight is 413 g/mol.